The van der Waals surface area contributed by atoms with E-state index in [0.717, 1.165) is 16.2 Å². The molecule has 1 fully saturated rings. The maximum Gasteiger partial charge on any atom is 0.293 e. The van der Waals surface area contributed by atoms with E-state index in [1.165, 1.54) is 12.0 Å². The standard InChI is InChI=1S/C21H18BrClN2O5S/c1-3-25-20(27)18(31-21(25)28)9-12-4-7-16(17(8-12)29-2)30-11-19(26)24-13-5-6-14(22)15(23)10-13/h4-10H,3,11H2,1-2H3,(H,24,26)/b18-9+. The van der Waals surface area contributed by atoms with Crippen molar-refractivity contribution >= 4 is 68.1 Å². The largest absolute Gasteiger partial charge is 0.493 e. The number of nitrogens with zero attached hydrogens (tertiary/aromatic N) is 1. The van der Waals surface area contributed by atoms with Crippen LogP contribution in [0, 0.1) is 0 Å². The highest BCUT2D eigenvalue weighted by Gasteiger charge is 2.33. The first kappa shape index (κ1) is 23.2. The van der Waals surface area contributed by atoms with Crippen LogP contribution in [-0.4, -0.2) is 42.2 Å². The third-order valence-electron chi connectivity index (χ3n) is 4.24. The maximum atomic E-state index is 12.2. The Morgan fingerprint density at radius 1 is 1.23 bits per heavy atom. The van der Waals surface area contributed by atoms with Crippen LogP contribution in [0.1, 0.15) is 12.5 Å². The zero-order valence-corrected chi connectivity index (χ0v) is 19.8. The van der Waals surface area contributed by atoms with Crippen molar-refractivity contribution in [2.75, 3.05) is 25.6 Å². The third kappa shape index (κ3) is 5.61. The molecule has 0 spiro atoms. The van der Waals surface area contributed by atoms with E-state index < -0.39 is 0 Å². The number of halogens is 2. The third-order valence-corrected chi connectivity index (χ3v) is 6.38. The van der Waals surface area contributed by atoms with E-state index in [9.17, 15) is 14.4 Å². The molecule has 2 aromatic rings. The number of hydrogen-bond donors (Lipinski definition) is 1. The average molecular weight is 526 g/mol. The minimum absolute atomic E-state index is 0.237. The van der Waals surface area contributed by atoms with Crippen LogP contribution in [0.25, 0.3) is 6.08 Å². The number of carbonyl (C=O) groups is 3. The lowest BCUT2D eigenvalue weighted by molar-refractivity contribution is -0.122. The number of rotatable bonds is 7. The van der Waals surface area contributed by atoms with E-state index in [1.807, 2.05) is 0 Å². The molecule has 0 aliphatic carbocycles. The van der Waals surface area contributed by atoms with Crippen molar-refractivity contribution < 1.29 is 23.9 Å². The second-order valence-corrected chi connectivity index (χ2v) is 8.56. The van der Waals surface area contributed by atoms with Crippen molar-refractivity contribution in [2.24, 2.45) is 0 Å². The van der Waals surface area contributed by atoms with Crippen molar-refractivity contribution in [3.8, 4) is 11.5 Å². The summed E-state index contributed by atoms with van der Waals surface area (Å²) in [7, 11) is 1.47. The quantitative estimate of drug-likeness (QED) is 0.501. The maximum absolute atomic E-state index is 12.2. The highest BCUT2D eigenvalue weighted by molar-refractivity contribution is 9.10. The van der Waals surface area contributed by atoms with Gasteiger partial charge >= 0.3 is 0 Å². The number of imide groups is 1. The van der Waals surface area contributed by atoms with Crippen molar-refractivity contribution in [2.45, 2.75) is 6.92 Å². The lowest BCUT2D eigenvalue weighted by Gasteiger charge is -2.12. The Morgan fingerprint density at radius 3 is 2.65 bits per heavy atom. The lowest BCUT2D eigenvalue weighted by atomic mass is 10.2. The minimum Gasteiger partial charge on any atom is -0.493 e. The molecule has 2 aromatic carbocycles. The number of methoxy groups -OCH3 is 1. The first-order valence-electron chi connectivity index (χ1n) is 9.13. The summed E-state index contributed by atoms with van der Waals surface area (Å²) in [4.78, 5) is 37.8. The Balaban J connectivity index is 1.67. The molecule has 1 aliphatic heterocycles. The normalized spacial score (nSPS) is 14.8. The fourth-order valence-electron chi connectivity index (χ4n) is 2.73. The molecule has 3 rings (SSSR count). The van der Waals surface area contributed by atoms with Crippen LogP contribution < -0.4 is 14.8 Å². The number of hydrogen-bond acceptors (Lipinski definition) is 6. The number of benzene rings is 2. The predicted octanol–water partition coefficient (Wildman–Crippen LogP) is 5.18. The molecule has 0 unspecified atom stereocenters. The molecule has 31 heavy (non-hydrogen) atoms. The molecule has 0 bridgehead atoms. The van der Waals surface area contributed by atoms with E-state index in [0.29, 0.717) is 39.2 Å². The van der Waals surface area contributed by atoms with Crippen LogP contribution in [0.5, 0.6) is 11.5 Å². The van der Waals surface area contributed by atoms with E-state index in [2.05, 4.69) is 21.2 Å². The van der Waals surface area contributed by atoms with Gasteiger partial charge in [-0.05, 0) is 76.6 Å². The Labute approximate surface area is 196 Å². The van der Waals surface area contributed by atoms with Gasteiger partial charge in [0, 0.05) is 16.7 Å². The molecule has 0 aromatic heterocycles. The highest BCUT2D eigenvalue weighted by Crippen LogP contribution is 2.34. The number of amides is 3. The molecule has 0 saturated carbocycles. The van der Waals surface area contributed by atoms with Crippen molar-refractivity contribution in [3.63, 3.8) is 0 Å². The number of ether oxygens (including phenoxy) is 2. The van der Waals surface area contributed by atoms with Crippen molar-refractivity contribution in [1.82, 2.24) is 4.90 Å². The summed E-state index contributed by atoms with van der Waals surface area (Å²) in [5.41, 5.74) is 1.21. The Bertz CT molecular complexity index is 1080. The van der Waals surface area contributed by atoms with E-state index in [4.69, 9.17) is 21.1 Å². The van der Waals surface area contributed by atoms with Gasteiger partial charge in [-0.2, -0.15) is 0 Å². The number of anilines is 1. The highest BCUT2D eigenvalue weighted by atomic mass is 79.9. The molecule has 1 aliphatic rings. The molecular weight excluding hydrogens is 508 g/mol. The van der Waals surface area contributed by atoms with Crippen LogP contribution >= 0.6 is 39.3 Å². The Hall–Kier alpha value is -2.49. The molecule has 162 valence electrons. The first-order chi connectivity index (χ1) is 14.8. The predicted molar refractivity (Wildman–Crippen MR) is 125 cm³/mol. The molecule has 0 atom stereocenters. The molecule has 0 radical (unpaired) electrons. The summed E-state index contributed by atoms with van der Waals surface area (Å²) in [5, 5.41) is 2.89. The molecule has 7 nitrogen and oxygen atoms in total. The van der Waals surface area contributed by atoms with Gasteiger partial charge in [-0.3, -0.25) is 19.3 Å². The van der Waals surface area contributed by atoms with Gasteiger partial charge in [0.15, 0.2) is 18.1 Å². The second-order valence-electron chi connectivity index (χ2n) is 6.30. The summed E-state index contributed by atoms with van der Waals surface area (Å²) in [6.45, 7) is 1.83. The van der Waals surface area contributed by atoms with Crippen LogP contribution in [0.4, 0.5) is 10.5 Å². The van der Waals surface area contributed by atoms with Gasteiger partial charge in [0.2, 0.25) is 0 Å². The zero-order valence-electron chi connectivity index (χ0n) is 16.6. The van der Waals surface area contributed by atoms with E-state index in [-0.39, 0.29) is 23.7 Å². The number of nitrogens with one attached hydrogen (secondary N) is 1. The lowest BCUT2D eigenvalue weighted by Crippen LogP contribution is -2.27. The Kier molecular flexibility index (Phi) is 7.64. The van der Waals surface area contributed by atoms with Gasteiger partial charge < -0.3 is 14.8 Å². The van der Waals surface area contributed by atoms with Crippen molar-refractivity contribution in [1.29, 1.82) is 0 Å². The van der Waals surface area contributed by atoms with Crippen molar-refractivity contribution in [3.05, 3.63) is 56.4 Å². The van der Waals surface area contributed by atoms with Gasteiger partial charge in [0.05, 0.1) is 17.0 Å². The molecule has 1 N–H and O–H groups in total. The SMILES string of the molecule is CCN1C(=O)S/C(=C/c2ccc(OCC(=O)Nc3ccc(Br)c(Cl)c3)c(OC)c2)C1=O. The van der Waals surface area contributed by atoms with Gasteiger partial charge in [0.1, 0.15) is 0 Å². The fourth-order valence-corrected chi connectivity index (χ4v) is 4.06. The monoisotopic (exact) mass is 524 g/mol. The molecular formula is C21H18BrClN2O5S. The van der Waals surface area contributed by atoms with Gasteiger partial charge in [-0.15, -0.1) is 0 Å². The van der Waals surface area contributed by atoms with E-state index in [1.54, 1.807) is 49.4 Å². The first-order valence-corrected chi connectivity index (χ1v) is 11.1. The number of carbonyl (C=O) groups excluding carboxylic acids is 3. The summed E-state index contributed by atoms with van der Waals surface area (Å²) in [5.74, 6) is 0.0764. The Morgan fingerprint density at radius 2 is 2.00 bits per heavy atom. The van der Waals surface area contributed by atoms with Crippen LogP contribution in [-0.2, 0) is 9.59 Å². The van der Waals surface area contributed by atoms with Crippen LogP contribution in [0.15, 0.2) is 45.8 Å². The number of likely N-dealkylation sites (N-methyl/N-ethyl adjacent to an activating group) is 1. The summed E-state index contributed by atoms with van der Waals surface area (Å²) < 4.78 is 11.7. The fraction of sp³-hybridized carbons (Fsp3) is 0.190. The summed E-state index contributed by atoms with van der Waals surface area (Å²) in [6, 6.07) is 10.1. The minimum atomic E-state index is -0.363. The second kappa shape index (κ2) is 10.2. The summed E-state index contributed by atoms with van der Waals surface area (Å²) >= 11 is 10.2. The molecule has 1 heterocycles. The van der Waals surface area contributed by atoms with Gasteiger partial charge in [-0.1, -0.05) is 17.7 Å². The average Bonchev–Trinajstić information content (AvgIpc) is 3.01. The smallest absolute Gasteiger partial charge is 0.293 e. The van der Waals surface area contributed by atoms with Crippen LogP contribution in [0.2, 0.25) is 5.02 Å². The van der Waals surface area contributed by atoms with Crippen LogP contribution in [0.3, 0.4) is 0 Å². The number of thioether (sulfide) groups is 1. The topological polar surface area (TPSA) is 84.9 Å². The van der Waals surface area contributed by atoms with E-state index >= 15 is 0 Å². The molecule has 10 heteroatoms. The molecule has 1 saturated heterocycles. The zero-order chi connectivity index (χ0) is 22.5. The molecule has 3 amide bonds. The van der Waals surface area contributed by atoms with Gasteiger partial charge in [-0.25, -0.2) is 0 Å². The summed E-state index contributed by atoms with van der Waals surface area (Å²) in [6.07, 6.45) is 1.62. The van der Waals surface area contributed by atoms with Gasteiger partial charge in [0.25, 0.3) is 17.1 Å².